The number of benzene rings is 2. The first kappa shape index (κ1) is 16.8. The number of amides is 1. The predicted octanol–water partition coefficient (Wildman–Crippen LogP) is 3.09. The summed E-state index contributed by atoms with van der Waals surface area (Å²) in [5.41, 5.74) is 2.47. The number of carboxylic acid groups (broad SMARTS) is 1. The van der Waals surface area contributed by atoms with Crippen molar-refractivity contribution in [3.8, 4) is 0 Å². The number of hydrogen-bond donors (Lipinski definition) is 1. The number of carbonyl (C=O) groups excluding carboxylic acids is 1. The average molecular weight is 351 g/mol. The van der Waals surface area contributed by atoms with E-state index in [-0.39, 0.29) is 5.91 Å². The van der Waals surface area contributed by atoms with E-state index >= 15 is 0 Å². The van der Waals surface area contributed by atoms with Crippen molar-refractivity contribution in [3.63, 3.8) is 0 Å². The quantitative estimate of drug-likeness (QED) is 0.923. The van der Waals surface area contributed by atoms with E-state index in [0.29, 0.717) is 25.9 Å². The van der Waals surface area contributed by atoms with E-state index in [9.17, 15) is 9.59 Å². The highest BCUT2D eigenvalue weighted by Crippen LogP contribution is 2.30. The lowest BCUT2D eigenvalue weighted by Gasteiger charge is -2.29. The van der Waals surface area contributed by atoms with Crippen LogP contribution in [0.5, 0.6) is 0 Å². The Hall–Kier alpha value is -2.66. The molecule has 0 saturated carbocycles. The Labute approximate surface area is 151 Å². The van der Waals surface area contributed by atoms with Crippen LogP contribution in [0, 0.1) is 0 Å². The van der Waals surface area contributed by atoms with Crippen molar-refractivity contribution in [3.05, 3.63) is 54.1 Å². The molecule has 2 heterocycles. The fourth-order valence-corrected chi connectivity index (χ4v) is 3.82. The van der Waals surface area contributed by atoms with Crippen LogP contribution in [0.1, 0.15) is 24.8 Å². The van der Waals surface area contributed by atoms with Gasteiger partial charge in [-0.3, -0.25) is 4.79 Å². The molecule has 2 aromatic carbocycles. The van der Waals surface area contributed by atoms with Gasteiger partial charge in [-0.2, -0.15) is 0 Å². The standard InChI is InChI=1S/C21H21NO4/c23-20(18-8-9-19(26-18)21(24)25)22-12-10-15(11-13-22)17-7-3-5-14-4-1-2-6-16(14)17/h1-7,10,18-19H,8-9,11-13H2,(H,24,25)/t18-,19+/m0/s1. The zero-order valence-corrected chi connectivity index (χ0v) is 14.4. The first-order valence-corrected chi connectivity index (χ1v) is 8.98. The molecule has 0 radical (unpaired) electrons. The molecule has 2 aromatic rings. The number of carboxylic acids is 1. The summed E-state index contributed by atoms with van der Waals surface area (Å²) in [5.74, 6) is -1.08. The van der Waals surface area contributed by atoms with Gasteiger partial charge in [-0.1, -0.05) is 48.5 Å². The van der Waals surface area contributed by atoms with Gasteiger partial charge in [0.05, 0.1) is 0 Å². The number of nitrogens with zero attached hydrogens (tertiary/aromatic N) is 1. The summed E-state index contributed by atoms with van der Waals surface area (Å²) in [5, 5.41) is 11.4. The van der Waals surface area contributed by atoms with Crippen LogP contribution in [0.4, 0.5) is 0 Å². The molecule has 1 N–H and O–H groups in total. The predicted molar refractivity (Wildman–Crippen MR) is 98.7 cm³/mol. The minimum absolute atomic E-state index is 0.0954. The third-order valence-corrected chi connectivity index (χ3v) is 5.23. The lowest BCUT2D eigenvalue weighted by atomic mass is 9.94. The molecule has 0 unspecified atom stereocenters. The number of aliphatic carboxylic acids is 1. The molecule has 5 nitrogen and oxygen atoms in total. The Morgan fingerprint density at radius 2 is 1.81 bits per heavy atom. The summed E-state index contributed by atoms with van der Waals surface area (Å²) in [6, 6.07) is 14.6. The Morgan fingerprint density at radius 1 is 1.04 bits per heavy atom. The molecule has 0 aliphatic carbocycles. The number of fused-ring (bicyclic) bond motifs is 1. The Balaban J connectivity index is 1.48. The average Bonchev–Trinajstić information content (AvgIpc) is 3.18. The highest BCUT2D eigenvalue weighted by molar-refractivity contribution is 5.94. The van der Waals surface area contributed by atoms with Crippen molar-refractivity contribution in [2.24, 2.45) is 0 Å². The second-order valence-corrected chi connectivity index (χ2v) is 6.82. The molecule has 4 rings (SSSR count). The van der Waals surface area contributed by atoms with Gasteiger partial charge in [0.2, 0.25) is 0 Å². The first-order chi connectivity index (χ1) is 12.6. The zero-order chi connectivity index (χ0) is 18.1. The largest absolute Gasteiger partial charge is 0.479 e. The van der Waals surface area contributed by atoms with Crippen molar-refractivity contribution in [1.29, 1.82) is 0 Å². The monoisotopic (exact) mass is 351 g/mol. The van der Waals surface area contributed by atoms with E-state index in [1.807, 2.05) is 12.1 Å². The van der Waals surface area contributed by atoms with E-state index in [1.165, 1.54) is 21.9 Å². The van der Waals surface area contributed by atoms with Crippen LogP contribution in [0.2, 0.25) is 0 Å². The van der Waals surface area contributed by atoms with Gasteiger partial charge >= 0.3 is 5.97 Å². The van der Waals surface area contributed by atoms with Gasteiger partial charge in [0.15, 0.2) is 6.10 Å². The zero-order valence-electron chi connectivity index (χ0n) is 14.4. The van der Waals surface area contributed by atoms with Crippen molar-refractivity contribution < 1.29 is 19.4 Å². The van der Waals surface area contributed by atoms with Gasteiger partial charge in [-0.05, 0) is 41.2 Å². The molecule has 5 heteroatoms. The number of carbonyl (C=O) groups is 2. The van der Waals surface area contributed by atoms with Crippen LogP contribution in [0.15, 0.2) is 48.5 Å². The fourth-order valence-electron chi connectivity index (χ4n) is 3.82. The lowest BCUT2D eigenvalue weighted by Crippen LogP contribution is -2.41. The number of rotatable bonds is 3. The van der Waals surface area contributed by atoms with Gasteiger partial charge in [0.1, 0.15) is 6.10 Å². The maximum atomic E-state index is 12.6. The van der Waals surface area contributed by atoms with E-state index in [1.54, 1.807) is 4.90 Å². The lowest BCUT2D eigenvalue weighted by molar-refractivity contribution is -0.154. The minimum Gasteiger partial charge on any atom is -0.479 e. The van der Waals surface area contributed by atoms with Crippen LogP contribution in [0.25, 0.3) is 16.3 Å². The van der Waals surface area contributed by atoms with Crippen molar-refractivity contribution >= 4 is 28.2 Å². The van der Waals surface area contributed by atoms with Gasteiger partial charge in [-0.25, -0.2) is 4.79 Å². The summed E-state index contributed by atoms with van der Waals surface area (Å²) in [4.78, 5) is 25.4. The first-order valence-electron chi connectivity index (χ1n) is 8.98. The Bertz CT molecular complexity index is 883. The van der Waals surface area contributed by atoms with E-state index in [0.717, 1.165) is 6.42 Å². The molecule has 134 valence electrons. The third kappa shape index (κ3) is 3.10. The van der Waals surface area contributed by atoms with Crippen molar-refractivity contribution in [2.75, 3.05) is 13.1 Å². The van der Waals surface area contributed by atoms with Crippen LogP contribution in [-0.4, -0.2) is 47.2 Å². The summed E-state index contributed by atoms with van der Waals surface area (Å²) >= 11 is 0. The molecule has 0 aromatic heterocycles. The molecule has 0 spiro atoms. The molecular weight excluding hydrogens is 330 g/mol. The summed E-state index contributed by atoms with van der Waals surface area (Å²) in [7, 11) is 0. The molecule has 2 aliphatic heterocycles. The summed E-state index contributed by atoms with van der Waals surface area (Å²) in [6.45, 7) is 1.17. The maximum absolute atomic E-state index is 12.6. The molecule has 2 aliphatic rings. The van der Waals surface area contributed by atoms with E-state index < -0.39 is 18.2 Å². The molecular formula is C21H21NO4. The highest BCUT2D eigenvalue weighted by atomic mass is 16.5. The Morgan fingerprint density at radius 3 is 2.54 bits per heavy atom. The van der Waals surface area contributed by atoms with Crippen molar-refractivity contribution in [1.82, 2.24) is 4.90 Å². The highest BCUT2D eigenvalue weighted by Gasteiger charge is 2.37. The second kappa shape index (κ2) is 6.92. The van der Waals surface area contributed by atoms with Gasteiger partial charge in [0.25, 0.3) is 5.91 Å². The molecule has 1 fully saturated rings. The smallest absolute Gasteiger partial charge is 0.332 e. The number of ether oxygens (including phenoxy) is 1. The van der Waals surface area contributed by atoms with Crippen LogP contribution < -0.4 is 0 Å². The third-order valence-electron chi connectivity index (χ3n) is 5.23. The number of hydrogen-bond acceptors (Lipinski definition) is 3. The van der Waals surface area contributed by atoms with Crippen LogP contribution in [-0.2, 0) is 14.3 Å². The molecule has 0 bridgehead atoms. The fraction of sp³-hybridized carbons (Fsp3) is 0.333. The van der Waals surface area contributed by atoms with E-state index in [2.05, 4.69) is 36.4 Å². The van der Waals surface area contributed by atoms with Crippen LogP contribution >= 0.6 is 0 Å². The van der Waals surface area contributed by atoms with Gasteiger partial charge in [-0.15, -0.1) is 0 Å². The SMILES string of the molecule is O=C(O)[C@H]1CC[C@@H](C(=O)N2CC=C(c3cccc4ccccc34)CC2)O1. The molecule has 1 amide bonds. The Kier molecular flexibility index (Phi) is 4.47. The topological polar surface area (TPSA) is 66.8 Å². The summed E-state index contributed by atoms with van der Waals surface area (Å²) < 4.78 is 5.40. The maximum Gasteiger partial charge on any atom is 0.332 e. The van der Waals surface area contributed by atoms with Crippen molar-refractivity contribution in [2.45, 2.75) is 31.5 Å². The minimum atomic E-state index is -0.989. The van der Waals surface area contributed by atoms with Crippen LogP contribution in [0.3, 0.4) is 0 Å². The van der Waals surface area contributed by atoms with Gasteiger partial charge in [0, 0.05) is 13.1 Å². The second-order valence-electron chi connectivity index (χ2n) is 6.82. The summed E-state index contributed by atoms with van der Waals surface area (Å²) in [6.07, 6.45) is 2.30. The van der Waals surface area contributed by atoms with Gasteiger partial charge < -0.3 is 14.7 Å². The molecule has 1 saturated heterocycles. The van der Waals surface area contributed by atoms with E-state index in [4.69, 9.17) is 9.84 Å². The molecule has 2 atom stereocenters. The normalized spacial score (nSPS) is 23.1. The molecule has 26 heavy (non-hydrogen) atoms.